The van der Waals surface area contributed by atoms with Gasteiger partial charge in [-0.1, -0.05) is 91.0 Å². The van der Waals surface area contributed by atoms with E-state index in [9.17, 15) is 0 Å². The molecule has 0 amide bonds. The molecule has 4 aromatic carbocycles. The van der Waals surface area contributed by atoms with Gasteiger partial charge in [0.05, 0.1) is 5.69 Å². The smallest absolute Gasteiger partial charge is 0.0783 e. The largest absolute Gasteiger partial charge is 0.255 e. The zero-order valence-corrected chi connectivity index (χ0v) is 15.2. The summed E-state index contributed by atoms with van der Waals surface area (Å²) in [6.07, 6.45) is 2.03. The number of pyridine rings is 1. The first-order chi connectivity index (χ1) is 13.3. The van der Waals surface area contributed by atoms with E-state index in [4.69, 9.17) is 4.98 Å². The summed E-state index contributed by atoms with van der Waals surface area (Å²) < 4.78 is 0. The van der Waals surface area contributed by atoms with Crippen molar-refractivity contribution in [3.05, 3.63) is 103 Å². The summed E-state index contributed by atoms with van der Waals surface area (Å²) >= 11 is 0. The average molecular weight is 345 g/mol. The van der Waals surface area contributed by atoms with Crippen LogP contribution in [0.4, 0.5) is 0 Å². The summed E-state index contributed by atoms with van der Waals surface area (Å²) in [6, 6.07) is 32.1. The Balaban J connectivity index is 1.84. The van der Waals surface area contributed by atoms with E-state index in [0.29, 0.717) is 0 Å². The molecule has 0 atom stereocenters. The van der Waals surface area contributed by atoms with Gasteiger partial charge in [-0.05, 0) is 34.2 Å². The number of fused-ring (bicyclic) bond motifs is 2. The Bertz CT molecular complexity index is 1280. The Hall–Kier alpha value is -3.45. The zero-order valence-electron chi connectivity index (χ0n) is 15.2. The van der Waals surface area contributed by atoms with E-state index in [1.54, 1.807) is 0 Å². The highest BCUT2D eigenvalue weighted by molar-refractivity contribution is 6.08. The quantitative estimate of drug-likeness (QED) is 0.335. The van der Waals surface area contributed by atoms with Gasteiger partial charge in [-0.2, -0.15) is 0 Å². The Labute approximate surface area is 158 Å². The average Bonchev–Trinajstić information content (AvgIpc) is 2.73. The summed E-state index contributed by atoms with van der Waals surface area (Å²) in [7, 11) is 0. The van der Waals surface area contributed by atoms with Gasteiger partial charge in [-0.3, -0.25) is 4.98 Å². The molecule has 1 aromatic heterocycles. The normalized spacial score (nSPS) is 11.1. The molecule has 0 fully saturated rings. The van der Waals surface area contributed by atoms with Crippen molar-refractivity contribution in [2.24, 2.45) is 0 Å². The lowest BCUT2D eigenvalue weighted by atomic mass is 9.93. The van der Waals surface area contributed by atoms with E-state index >= 15 is 0 Å². The predicted molar refractivity (Wildman–Crippen MR) is 115 cm³/mol. The van der Waals surface area contributed by atoms with Crippen LogP contribution in [0.1, 0.15) is 5.56 Å². The Morgan fingerprint density at radius 2 is 1.15 bits per heavy atom. The maximum atomic E-state index is 4.92. The second-order valence-electron chi connectivity index (χ2n) is 6.91. The van der Waals surface area contributed by atoms with Gasteiger partial charge in [0, 0.05) is 22.7 Å². The first kappa shape index (κ1) is 15.8. The third kappa shape index (κ3) is 2.60. The molecule has 0 radical (unpaired) electrons. The third-order valence-corrected chi connectivity index (χ3v) is 5.28. The predicted octanol–water partition coefficient (Wildman–Crippen LogP) is 7.03. The Kier molecular flexibility index (Phi) is 3.72. The molecule has 0 spiro atoms. The maximum absolute atomic E-state index is 4.92. The Morgan fingerprint density at radius 1 is 0.519 bits per heavy atom. The van der Waals surface area contributed by atoms with Crippen LogP contribution in [0.2, 0.25) is 0 Å². The number of hydrogen-bond acceptors (Lipinski definition) is 1. The second kappa shape index (κ2) is 6.37. The van der Waals surface area contributed by atoms with Crippen molar-refractivity contribution in [3.8, 4) is 22.4 Å². The third-order valence-electron chi connectivity index (χ3n) is 5.28. The number of aryl methyl sites for hydroxylation is 1. The minimum absolute atomic E-state index is 1.05. The first-order valence-electron chi connectivity index (χ1n) is 9.25. The van der Waals surface area contributed by atoms with Gasteiger partial charge in [0.25, 0.3) is 0 Å². The summed E-state index contributed by atoms with van der Waals surface area (Å²) in [5.41, 5.74) is 5.90. The monoisotopic (exact) mass is 345 g/mol. The van der Waals surface area contributed by atoms with Crippen molar-refractivity contribution in [1.82, 2.24) is 4.98 Å². The molecule has 0 bridgehead atoms. The van der Waals surface area contributed by atoms with Crippen LogP contribution in [-0.4, -0.2) is 4.98 Å². The molecule has 0 unspecified atom stereocenters. The number of hydrogen-bond donors (Lipinski definition) is 0. The minimum Gasteiger partial charge on any atom is -0.255 e. The highest BCUT2D eigenvalue weighted by atomic mass is 14.7. The summed E-state index contributed by atoms with van der Waals surface area (Å²) in [5, 5.41) is 4.94. The number of aromatic nitrogens is 1. The molecule has 0 aliphatic rings. The highest BCUT2D eigenvalue weighted by Gasteiger charge is 2.13. The van der Waals surface area contributed by atoms with Crippen LogP contribution in [0.5, 0.6) is 0 Å². The SMILES string of the molecule is Cc1ccccc1-c1ncc(-c2cccc3ccccc23)c2ccccc12. The molecule has 128 valence electrons. The first-order valence-corrected chi connectivity index (χ1v) is 9.25. The minimum atomic E-state index is 1.05. The molecule has 1 heterocycles. The van der Waals surface area contributed by atoms with Crippen molar-refractivity contribution in [2.75, 3.05) is 0 Å². The molecule has 5 rings (SSSR count). The number of rotatable bonds is 2. The van der Waals surface area contributed by atoms with Crippen molar-refractivity contribution in [2.45, 2.75) is 6.92 Å². The fourth-order valence-electron chi connectivity index (χ4n) is 3.92. The molecule has 0 aliphatic carbocycles. The van der Waals surface area contributed by atoms with Crippen molar-refractivity contribution in [1.29, 1.82) is 0 Å². The lowest BCUT2D eigenvalue weighted by Gasteiger charge is -2.14. The Morgan fingerprint density at radius 3 is 2.00 bits per heavy atom. The van der Waals surface area contributed by atoms with Crippen molar-refractivity contribution >= 4 is 21.5 Å². The second-order valence-corrected chi connectivity index (χ2v) is 6.91. The van der Waals surface area contributed by atoms with Crippen LogP contribution < -0.4 is 0 Å². The van der Waals surface area contributed by atoms with E-state index in [-0.39, 0.29) is 0 Å². The highest BCUT2D eigenvalue weighted by Crippen LogP contribution is 2.37. The number of nitrogens with zero attached hydrogens (tertiary/aromatic N) is 1. The maximum Gasteiger partial charge on any atom is 0.0783 e. The lowest BCUT2D eigenvalue weighted by Crippen LogP contribution is -1.92. The van der Waals surface area contributed by atoms with Gasteiger partial charge in [0.15, 0.2) is 0 Å². The van der Waals surface area contributed by atoms with E-state index in [0.717, 1.165) is 5.69 Å². The van der Waals surface area contributed by atoms with Crippen molar-refractivity contribution in [3.63, 3.8) is 0 Å². The molecule has 0 aliphatic heterocycles. The standard InChI is InChI=1S/C26H19N/c1-18-9-2-4-12-20(18)26-24-15-7-6-14-23(24)25(17-27-26)22-16-8-11-19-10-3-5-13-21(19)22/h2-17H,1H3. The molecule has 0 saturated heterocycles. The van der Waals surface area contributed by atoms with Crippen LogP contribution >= 0.6 is 0 Å². The fourth-order valence-corrected chi connectivity index (χ4v) is 3.92. The molecule has 1 heteroatoms. The molecule has 5 aromatic rings. The van der Waals surface area contributed by atoms with Gasteiger partial charge >= 0.3 is 0 Å². The fraction of sp³-hybridized carbons (Fsp3) is 0.0385. The van der Waals surface area contributed by atoms with Gasteiger partial charge in [-0.25, -0.2) is 0 Å². The lowest BCUT2D eigenvalue weighted by molar-refractivity contribution is 1.33. The van der Waals surface area contributed by atoms with Crippen LogP contribution in [-0.2, 0) is 0 Å². The number of benzene rings is 4. The van der Waals surface area contributed by atoms with E-state index in [1.807, 2.05) is 6.20 Å². The van der Waals surface area contributed by atoms with Crippen molar-refractivity contribution < 1.29 is 0 Å². The molecule has 27 heavy (non-hydrogen) atoms. The van der Waals surface area contributed by atoms with E-state index < -0.39 is 0 Å². The zero-order chi connectivity index (χ0) is 18.2. The van der Waals surface area contributed by atoms with Gasteiger partial charge in [0.1, 0.15) is 0 Å². The molecule has 0 saturated carbocycles. The van der Waals surface area contributed by atoms with Crippen LogP contribution in [0.3, 0.4) is 0 Å². The molecule has 1 nitrogen and oxygen atoms in total. The van der Waals surface area contributed by atoms with Crippen LogP contribution in [0.25, 0.3) is 43.9 Å². The summed E-state index contributed by atoms with van der Waals surface area (Å²) in [4.78, 5) is 4.92. The molecular formula is C26H19N. The molecule has 0 N–H and O–H groups in total. The summed E-state index contributed by atoms with van der Waals surface area (Å²) in [6.45, 7) is 2.14. The van der Waals surface area contributed by atoms with Gasteiger partial charge in [0.2, 0.25) is 0 Å². The van der Waals surface area contributed by atoms with Gasteiger partial charge in [-0.15, -0.1) is 0 Å². The topological polar surface area (TPSA) is 12.9 Å². The van der Waals surface area contributed by atoms with Crippen LogP contribution in [0, 0.1) is 6.92 Å². The van der Waals surface area contributed by atoms with Crippen LogP contribution in [0.15, 0.2) is 97.2 Å². The van der Waals surface area contributed by atoms with E-state index in [1.165, 1.54) is 43.8 Å². The summed E-state index contributed by atoms with van der Waals surface area (Å²) in [5.74, 6) is 0. The molecular weight excluding hydrogens is 326 g/mol. The van der Waals surface area contributed by atoms with E-state index in [2.05, 4.69) is 97.9 Å². The van der Waals surface area contributed by atoms with Gasteiger partial charge < -0.3 is 0 Å².